The van der Waals surface area contributed by atoms with Gasteiger partial charge in [-0.1, -0.05) is 13.3 Å². The zero-order valence-corrected chi connectivity index (χ0v) is 12.1. The monoisotopic (exact) mass is 282 g/mol. The molecule has 1 amide bonds. The van der Waals surface area contributed by atoms with Crippen molar-refractivity contribution < 1.29 is 14.3 Å². The van der Waals surface area contributed by atoms with Crippen molar-refractivity contribution in [3.05, 3.63) is 12.3 Å². The van der Waals surface area contributed by atoms with Crippen LogP contribution < -0.4 is 11.1 Å². The van der Waals surface area contributed by atoms with Crippen molar-refractivity contribution in [1.82, 2.24) is 15.1 Å². The SMILES string of the molecule is CCCC(C)NC(=O)C(C)OC(=O)Cn1ccc(N)n1. The second kappa shape index (κ2) is 7.52. The minimum absolute atomic E-state index is 0.0690. The van der Waals surface area contributed by atoms with E-state index in [2.05, 4.69) is 10.4 Å². The summed E-state index contributed by atoms with van der Waals surface area (Å²) in [6, 6.07) is 1.65. The molecule has 0 aliphatic carbocycles. The number of esters is 1. The third-order valence-electron chi connectivity index (χ3n) is 2.74. The van der Waals surface area contributed by atoms with E-state index in [1.165, 1.54) is 4.68 Å². The highest BCUT2D eigenvalue weighted by Crippen LogP contribution is 2.00. The zero-order chi connectivity index (χ0) is 15.1. The predicted octanol–water partition coefficient (Wildman–Crippen LogP) is 0.702. The van der Waals surface area contributed by atoms with Crippen molar-refractivity contribution in [2.24, 2.45) is 0 Å². The molecular formula is C13H22N4O3. The van der Waals surface area contributed by atoms with Gasteiger partial charge in [-0.05, 0) is 26.3 Å². The topological polar surface area (TPSA) is 99.2 Å². The second-order valence-corrected chi connectivity index (χ2v) is 4.77. The van der Waals surface area contributed by atoms with Crippen LogP contribution in [0.15, 0.2) is 12.3 Å². The zero-order valence-electron chi connectivity index (χ0n) is 12.1. The van der Waals surface area contributed by atoms with Crippen LogP contribution in [-0.2, 0) is 20.9 Å². The first-order chi connectivity index (χ1) is 9.42. The molecule has 20 heavy (non-hydrogen) atoms. The molecule has 2 unspecified atom stereocenters. The van der Waals surface area contributed by atoms with Crippen molar-refractivity contribution in [1.29, 1.82) is 0 Å². The second-order valence-electron chi connectivity index (χ2n) is 4.77. The van der Waals surface area contributed by atoms with E-state index in [1.807, 2.05) is 13.8 Å². The van der Waals surface area contributed by atoms with E-state index < -0.39 is 12.1 Å². The fourth-order valence-electron chi connectivity index (χ4n) is 1.75. The predicted molar refractivity (Wildman–Crippen MR) is 74.7 cm³/mol. The summed E-state index contributed by atoms with van der Waals surface area (Å²) in [5.41, 5.74) is 5.44. The summed E-state index contributed by atoms with van der Waals surface area (Å²) in [5.74, 6) is -0.491. The third kappa shape index (κ3) is 5.29. The number of nitrogens with one attached hydrogen (secondary N) is 1. The molecule has 0 saturated carbocycles. The van der Waals surface area contributed by atoms with E-state index in [0.29, 0.717) is 5.82 Å². The molecule has 7 heteroatoms. The Labute approximate surface area is 118 Å². The first-order valence-corrected chi connectivity index (χ1v) is 6.71. The van der Waals surface area contributed by atoms with Crippen LogP contribution in [0, 0.1) is 0 Å². The number of carbonyl (C=O) groups is 2. The fourth-order valence-corrected chi connectivity index (χ4v) is 1.75. The Morgan fingerprint density at radius 3 is 2.75 bits per heavy atom. The molecule has 7 nitrogen and oxygen atoms in total. The molecule has 0 aliphatic rings. The van der Waals surface area contributed by atoms with Gasteiger partial charge in [-0.2, -0.15) is 5.10 Å². The first-order valence-electron chi connectivity index (χ1n) is 6.71. The summed E-state index contributed by atoms with van der Waals surface area (Å²) in [4.78, 5) is 23.4. The number of anilines is 1. The van der Waals surface area contributed by atoms with E-state index in [9.17, 15) is 9.59 Å². The molecule has 0 aromatic carbocycles. The average Bonchev–Trinajstić information content (AvgIpc) is 2.74. The van der Waals surface area contributed by atoms with E-state index in [0.717, 1.165) is 12.8 Å². The molecule has 0 aliphatic heterocycles. The van der Waals surface area contributed by atoms with E-state index in [4.69, 9.17) is 10.5 Å². The average molecular weight is 282 g/mol. The quantitative estimate of drug-likeness (QED) is 0.717. The van der Waals surface area contributed by atoms with E-state index in [1.54, 1.807) is 19.2 Å². The maximum atomic E-state index is 11.8. The number of aromatic nitrogens is 2. The summed E-state index contributed by atoms with van der Waals surface area (Å²) in [6.45, 7) is 5.44. The van der Waals surface area contributed by atoms with Gasteiger partial charge in [0.2, 0.25) is 0 Å². The number of hydrogen-bond donors (Lipinski definition) is 2. The standard InChI is InChI=1S/C13H22N4O3/c1-4-5-9(2)15-13(19)10(3)20-12(18)8-17-7-6-11(14)16-17/h6-7,9-10H,4-5,8H2,1-3H3,(H2,14,16)(H,15,19). The lowest BCUT2D eigenvalue weighted by Gasteiger charge is -2.17. The normalized spacial score (nSPS) is 13.6. The van der Waals surface area contributed by atoms with Gasteiger partial charge in [0.05, 0.1) is 0 Å². The lowest BCUT2D eigenvalue weighted by molar-refractivity contribution is -0.155. The Balaban J connectivity index is 2.38. The van der Waals surface area contributed by atoms with Crippen LogP contribution in [0.2, 0.25) is 0 Å². The van der Waals surface area contributed by atoms with Gasteiger partial charge in [0.1, 0.15) is 12.4 Å². The maximum Gasteiger partial charge on any atom is 0.328 e. The van der Waals surface area contributed by atoms with Gasteiger partial charge in [0.15, 0.2) is 6.10 Å². The molecule has 0 spiro atoms. The van der Waals surface area contributed by atoms with Crippen LogP contribution in [-0.4, -0.2) is 33.8 Å². The largest absolute Gasteiger partial charge is 0.451 e. The smallest absolute Gasteiger partial charge is 0.328 e. The number of ether oxygens (including phenoxy) is 1. The Morgan fingerprint density at radius 2 is 2.20 bits per heavy atom. The number of carbonyl (C=O) groups excluding carboxylic acids is 2. The summed E-state index contributed by atoms with van der Waals surface area (Å²) in [5, 5.41) is 6.66. The molecule has 1 heterocycles. The Bertz CT molecular complexity index is 458. The number of hydrogen-bond acceptors (Lipinski definition) is 5. The number of rotatable bonds is 7. The Morgan fingerprint density at radius 1 is 1.50 bits per heavy atom. The highest BCUT2D eigenvalue weighted by Gasteiger charge is 2.19. The van der Waals surface area contributed by atoms with Gasteiger partial charge < -0.3 is 15.8 Å². The molecular weight excluding hydrogens is 260 g/mol. The summed E-state index contributed by atoms with van der Waals surface area (Å²) in [6.07, 6.45) is 2.62. The summed E-state index contributed by atoms with van der Waals surface area (Å²) < 4.78 is 6.41. The minimum Gasteiger partial charge on any atom is -0.451 e. The molecule has 3 N–H and O–H groups in total. The Hall–Kier alpha value is -2.05. The van der Waals surface area contributed by atoms with Gasteiger partial charge in [0, 0.05) is 12.2 Å². The molecule has 0 bridgehead atoms. The molecule has 1 aromatic rings. The van der Waals surface area contributed by atoms with E-state index >= 15 is 0 Å². The number of nitrogen functional groups attached to an aromatic ring is 1. The number of nitrogens with two attached hydrogens (primary N) is 1. The Kier molecular flexibility index (Phi) is 6.02. The van der Waals surface area contributed by atoms with Gasteiger partial charge in [-0.3, -0.25) is 14.3 Å². The van der Waals surface area contributed by atoms with Crippen LogP contribution >= 0.6 is 0 Å². The lowest BCUT2D eigenvalue weighted by Crippen LogP contribution is -2.41. The maximum absolute atomic E-state index is 11.8. The minimum atomic E-state index is -0.824. The number of nitrogens with zero attached hydrogens (tertiary/aromatic N) is 2. The van der Waals surface area contributed by atoms with Crippen molar-refractivity contribution in [2.75, 3.05) is 5.73 Å². The molecule has 0 saturated heterocycles. The molecule has 1 aromatic heterocycles. The highest BCUT2D eigenvalue weighted by atomic mass is 16.5. The van der Waals surface area contributed by atoms with Gasteiger partial charge in [-0.25, -0.2) is 0 Å². The summed E-state index contributed by atoms with van der Waals surface area (Å²) >= 11 is 0. The van der Waals surface area contributed by atoms with Crippen molar-refractivity contribution >= 4 is 17.7 Å². The number of amides is 1. The molecule has 0 radical (unpaired) electrons. The first kappa shape index (κ1) is 16.0. The highest BCUT2D eigenvalue weighted by molar-refractivity contribution is 5.83. The van der Waals surface area contributed by atoms with E-state index in [-0.39, 0.29) is 18.5 Å². The molecule has 2 atom stereocenters. The van der Waals surface area contributed by atoms with Gasteiger partial charge in [-0.15, -0.1) is 0 Å². The molecule has 1 rings (SSSR count). The van der Waals surface area contributed by atoms with Crippen LogP contribution in [0.3, 0.4) is 0 Å². The van der Waals surface area contributed by atoms with Crippen molar-refractivity contribution in [3.8, 4) is 0 Å². The lowest BCUT2D eigenvalue weighted by atomic mass is 10.2. The van der Waals surface area contributed by atoms with Crippen LogP contribution in [0.4, 0.5) is 5.82 Å². The van der Waals surface area contributed by atoms with Gasteiger partial charge >= 0.3 is 5.97 Å². The van der Waals surface area contributed by atoms with Crippen molar-refractivity contribution in [3.63, 3.8) is 0 Å². The molecule has 0 fully saturated rings. The van der Waals surface area contributed by atoms with Crippen molar-refractivity contribution in [2.45, 2.75) is 52.3 Å². The fraction of sp³-hybridized carbons (Fsp3) is 0.615. The van der Waals surface area contributed by atoms with Crippen LogP contribution in [0.5, 0.6) is 0 Å². The van der Waals surface area contributed by atoms with Crippen LogP contribution in [0.25, 0.3) is 0 Å². The molecule has 112 valence electrons. The van der Waals surface area contributed by atoms with Crippen LogP contribution in [0.1, 0.15) is 33.6 Å². The summed E-state index contributed by atoms with van der Waals surface area (Å²) in [7, 11) is 0. The third-order valence-corrected chi connectivity index (χ3v) is 2.74. The van der Waals surface area contributed by atoms with Gasteiger partial charge in [0.25, 0.3) is 5.91 Å².